The van der Waals surface area contributed by atoms with Gasteiger partial charge in [-0.15, -0.1) is 0 Å². The topological polar surface area (TPSA) is 122 Å². The fraction of sp³-hybridized carbons (Fsp3) is 0.375. The first kappa shape index (κ1) is 20.8. The number of nitrogens with two attached hydrogens (primary N) is 1. The minimum absolute atomic E-state index is 0.0414. The number of benzene rings is 1. The molecule has 0 radical (unpaired) electrons. The average Bonchev–Trinajstić information content (AvgIpc) is 3.48. The largest absolute Gasteiger partial charge is 0.390 e. The molecular formula is C24H25ClN6O2. The van der Waals surface area contributed by atoms with Crippen LogP contribution < -0.4 is 11.1 Å². The second-order valence-corrected chi connectivity index (χ2v) is 9.84. The number of nitrogens with zero attached hydrogens (tertiary/aromatic N) is 4. The maximum atomic E-state index is 11.2. The smallest absolute Gasteiger partial charge is 0.143 e. The number of nitrogens with one attached hydrogen (secondary N) is 1. The van der Waals surface area contributed by atoms with E-state index in [-0.39, 0.29) is 12.1 Å². The Morgan fingerprint density at radius 3 is 2.88 bits per heavy atom. The van der Waals surface area contributed by atoms with Crippen LogP contribution in [0.1, 0.15) is 36.2 Å². The molecular weight excluding hydrogens is 440 g/mol. The van der Waals surface area contributed by atoms with E-state index in [1.54, 1.807) is 6.33 Å². The number of aliphatic hydroxyl groups excluding tert-OH is 2. The second kappa shape index (κ2) is 7.36. The van der Waals surface area contributed by atoms with Gasteiger partial charge in [-0.3, -0.25) is 0 Å². The maximum absolute atomic E-state index is 11.2. The zero-order chi connectivity index (χ0) is 22.9. The lowest BCUT2D eigenvalue weighted by Crippen LogP contribution is -2.38. The molecule has 5 atom stereocenters. The normalized spacial score (nSPS) is 29.6. The molecule has 2 fully saturated rings. The third-order valence-corrected chi connectivity index (χ3v) is 7.87. The zero-order valence-corrected chi connectivity index (χ0v) is 18.9. The molecule has 4 aromatic rings. The van der Waals surface area contributed by atoms with Crippen LogP contribution in [0.25, 0.3) is 21.9 Å². The van der Waals surface area contributed by atoms with Crippen molar-refractivity contribution in [1.82, 2.24) is 24.8 Å². The summed E-state index contributed by atoms with van der Waals surface area (Å²) in [5.41, 5.74) is 9.01. The highest BCUT2D eigenvalue weighted by molar-refractivity contribution is 6.33. The Hall–Kier alpha value is -2.78. The number of anilines is 1. The molecule has 4 heterocycles. The molecule has 0 amide bonds. The Balaban J connectivity index is 1.30. The van der Waals surface area contributed by atoms with E-state index in [1.807, 2.05) is 42.0 Å². The predicted octanol–water partition coefficient (Wildman–Crippen LogP) is 2.91. The number of hydrogen-bond acceptors (Lipinski definition) is 7. The van der Waals surface area contributed by atoms with Crippen molar-refractivity contribution in [2.75, 3.05) is 12.3 Å². The van der Waals surface area contributed by atoms with Gasteiger partial charge in [-0.05, 0) is 43.5 Å². The lowest BCUT2D eigenvalue weighted by Gasteiger charge is -2.27. The van der Waals surface area contributed by atoms with Crippen LogP contribution in [0.2, 0.25) is 5.02 Å². The Morgan fingerprint density at radius 1 is 1.18 bits per heavy atom. The molecule has 170 valence electrons. The lowest BCUT2D eigenvalue weighted by atomic mass is 9.80. The SMILES string of the molecule is Cc1ncnc2c1ccn2C1CC2(CNC(c3ccc4cc(Cl)c(N)nc4c3)C2)C(O)C1O. The number of pyridine rings is 1. The standard InChI is InChI=1S/C24H25ClN6O2/c1-12-15-4-5-31(23(15)29-11-28-12)19-9-24(21(33)20(19)32)8-18(27-10-24)14-3-2-13-6-16(25)22(26)30-17(13)7-14/h2-7,11,18-21,27,32-33H,8-10H2,1H3,(H2,26,30). The number of rotatable bonds is 2. The first-order chi connectivity index (χ1) is 15.9. The second-order valence-electron chi connectivity index (χ2n) is 9.43. The maximum Gasteiger partial charge on any atom is 0.143 e. The summed E-state index contributed by atoms with van der Waals surface area (Å²) in [6, 6.07) is 9.65. The minimum atomic E-state index is -0.878. The van der Waals surface area contributed by atoms with Gasteiger partial charge in [-0.1, -0.05) is 23.7 Å². The molecule has 2 aliphatic rings. The monoisotopic (exact) mass is 464 g/mol. The van der Waals surface area contributed by atoms with Crippen molar-refractivity contribution in [2.24, 2.45) is 5.41 Å². The van der Waals surface area contributed by atoms with E-state index in [9.17, 15) is 10.2 Å². The van der Waals surface area contributed by atoms with E-state index >= 15 is 0 Å². The van der Waals surface area contributed by atoms with Gasteiger partial charge in [0.05, 0.1) is 28.4 Å². The van der Waals surface area contributed by atoms with Gasteiger partial charge in [0.1, 0.15) is 23.9 Å². The van der Waals surface area contributed by atoms with Crippen LogP contribution in [0.5, 0.6) is 0 Å². The van der Waals surface area contributed by atoms with Crippen LogP contribution in [0.3, 0.4) is 0 Å². The molecule has 1 saturated heterocycles. The highest BCUT2D eigenvalue weighted by Crippen LogP contribution is 2.52. The van der Waals surface area contributed by atoms with E-state index in [4.69, 9.17) is 17.3 Å². The predicted molar refractivity (Wildman–Crippen MR) is 127 cm³/mol. The van der Waals surface area contributed by atoms with Crippen LogP contribution in [-0.4, -0.2) is 48.5 Å². The van der Waals surface area contributed by atoms with Gasteiger partial charge in [0.2, 0.25) is 0 Å². The van der Waals surface area contributed by atoms with Gasteiger partial charge in [0.25, 0.3) is 0 Å². The van der Waals surface area contributed by atoms with E-state index in [2.05, 4.69) is 26.3 Å². The van der Waals surface area contributed by atoms with Crippen molar-refractivity contribution in [3.63, 3.8) is 0 Å². The summed E-state index contributed by atoms with van der Waals surface area (Å²) in [6.07, 6.45) is 3.13. The number of fused-ring (bicyclic) bond motifs is 2. The average molecular weight is 465 g/mol. The fourth-order valence-corrected chi connectivity index (χ4v) is 5.90. The van der Waals surface area contributed by atoms with Crippen molar-refractivity contribution < 1.29 is 10.2 Å². The molecule has 1 aliphatic heterocycles. The van der Waals surface area contributed by atoms with E-state index < -0.39 is 17.6 Å². The van der Waals surface area contributed by atoms with Crippen LogP contribution in [0.15, 0.2) is 42.9 Å². The zero-order valence-electron chi connectivity index (χ0n) is 18.1. The summed E-state index contributed by atoms with van der Waals surface area (Å²) in [6.45, 7) is 2.56. The van der Waals surface area contributed by atoms with Crippen molar-refractivity contribution in [3.8, 4) is 0 Å². The quantitative estimate of drug-likeness (QED) is 0.359. The van der Waals surface area contributed by atoms with Crippen LogP contribution >= 0.6 is 11.6 Å². The summed E-state index contributed by atoms with van der Waals surface area (Å²) in [4.78, 5) is 13.1. The molecule has 1 saturated carbocycles. The summed E-state index contributed by atoms with van der Waals surface area (Å²) in [7, 11) is 0. The highest BCUT2D eigenvalue weighted by atomic mass is 35.5. The molecule has 1 aromatic carbocycles. The first-order valence-electron chi connectivity index (χ1n) is 11.1. The molecule has 3 aromatic heterocycles. The molecule has 6 rings (SSSR count). The van der Waals surface area contributed by atoms with Gasteiger partial charge in [-0.25, -0.2) is 15.0 Å². The molecule has 0 bridgehead atoms. The number of aryl methyl sites for hydroxylation is 1. The molecule has 33 heavy (non-hydrogen) atoms. The Labute approximate surface area is 195 Å². The summed E-state index contributed by atoms with van der Waals surface area (Å²) >= 11 is 6.11. The Bertz CT molecular complexity index is 1390. The molecule has 9 heteroatoms. The number of nitrogen functional groups attached to an aromatic ring is 1. The minimum Gasteiger partial charge on any atom is -0.390 e. The van der Waals surface area contributed by atoms with Gasteiger partial charge in [0, 0.05) is 35.0 Å². The van der Waals surface area contributed by atoms with Crippen molar-refractivity contribution in [2.45, 2.75) is 44.1 Å². The molecule has 5 unspecified atom stereocenters. The van der Waals surface area contributed by atoms with Gasteiger partial charge in [-0.2, -0.15) is 0 Å². The van der Waals surface area contributed by atoms with E-state index in [0.29, 0.717) is 30.2 Å². The number of halogens is 1. The third kappa shape index (κ3) is 3.13. The number of aromatic nitrogens is 4. The highest BCUT2D eigenvalue weighted by Gasteiger charge is 2.56. The number of hydrogen-bond donors (Lipinski definition) is 4. The van der Waals surface area contributed by atoms with Crippen LogP contribution in [0.4, 0.5) is 5.82 Å². The number of aliphatic hydroxyl groups is 2. The lowest BCUT2D eigenvalue weighted by molar-refractivity contribution is -0.0218. The Morgan fingerprint density at radius 2 is 2.03 bits per heavy atom. The molecule has 5 N–H and O–H groups in total. The fourth-order valence-electron chi connectivity index (χ4n) is 5.74. The molecule has 8 nitrogen and oxygen atoms in total. The van der Waals surface area contributed by atoms with Gasteiger partial charge >= 0.3 is 0 Å². The van der Waals surface area contributed by atoms with Crippen LogP contribution in [0, 0.1) is 12.3 Å². The van der Waals surface area contributed by atoms with Crippen molar-refractivity contribution in [1.29, 1.82) is 0 Å². The summed E-state index contributed by atoms with van der Waals surface area (Å²) in [5, 5.41) is 28.1. The van der Waals surface area contributed by atoms with Gasteiger partial charge in [0.15, 0.2) is 0 Å². The van der Waals surface area contributed by atoms with E-state index in [1.165, 1.54) is 0 Å². The third-order valence-electron chi connectivity index (χ3n) is 7.56. The van der Waals surface area contributed by atoms with Crippen molar-refractivity contribution in [3.05, 3.63) is 59.1 Å². The van der Waals surface area contributed by atoms with Crippen LogP contribution in [-0.2, 0) is 0 Å². The molecule has 1 aliphatic carbocycles. The summed E-state index contributed by atoms with van der Waals surface area (Å²) < 4.78 is 1.99. The first-order valence-corrected chi connectivity index (χ1v) is 11.5. The molecule has 1 spiro atoms. The van der Waals surface area contributed by atoms with Gasteiger partial charge < -0.3 is 25.8 Å². The van der Waals surface area contributed by atoms with E-state index in [0.717, 1.165) is 33.2 Å². The Kier molecular flexibility index (Phi) is 4.64. The summed E-state index contributed by atoms with van der Waals surface area (Å²) in [5.74, 6) is 0.312. The van der Waals surface area contributed by atoms with Crippen molar-refractivity contribution >= 4 is 39.4 Å².